The summed E-state index contributed by atoms with van der Waals surface area (Å²) in [4.78, 5) is 125. The number of halogens is 3. The quantitative estimate of drug-likeness (QED) is 0.0753. The molecule has 2 saturated heterocycles. The van der Waals surface area contributed by atoms with Gasteiger partial charge in [-0.1, -0.05) is 131 Å². The first-order valence-corrected chi connectivity index (χ1v) is 27.2. The van der Waals surface area contributed by atoms with E-state index in [1.165, 1.54) is 9.80 Å². The summed E-state index contributed by atoms with van der Waals surface area (Å²) >= 11 is 9.56. The molecule has 0 aromatic rings. The maximum atomic E-state index is 14.0. The first kappa shape index (κ1) is 52.8. The average Bonchev–Trinajstić information content (AvgIpc) is 1.19. The maximum absolute atomic E-state index is 14.0. The van der Waals surface area contributed by atoms with E-state index in [9.17, 15) is 58.2 Å². The standard InChI is InChI=1S/C27H45N5O5.C19H33N3O4.C8H16N2O2.C2H2Cl2O2.ClH/c1-25(2,3)20(30-24(37)31-26(4,5)6)23(36)32-13-15-17(27(15,7)8)18(32)22(35)29-16(19(33)21(28)34)12-14-10-9-11-14;1-17(2,3)13(20-16(26)21-18(4,5)6)14(23)22-9-10-11(19(10,7)8)12(22)15(24)25;9-6(7(11)8(10)12)4-5-2-1-3-5;3-1(4)2(5)6;/h14-18,20H,9-13H2,1-8H3,(H2,28,34)(H,29,35)(H2,30,31,37);10-13H,9H2,1-8H3,(H,24,25)(H2,20,21,26);5-7,11H,1-4,9H2,(H2,10,12);1H,(H,5,6);1H/t15-,16?,17-,18-,20+;10-,11-,12-,13+;;;/m00.../s1/i9D2,10D2,11D2,14D;;1D2,2D2,3D2,5D;;. The summed E-state index contributed by atoms with van der Waals surface area (Å²) in [6, 6.07) is -8.30. The molecule has 0 aromatic heterocycles. The minimum atomic E-state index is -3.10. The number of carbonyl (C=O) groups is 10. The number of rotatable bonds is 16. The lowest BCUT2D eigenvalue weighted by atomic mass is 9.80. The Hall–Kier alpha value is -4.71. The van der Waals surface area contributed by atoms with Crippen molar-refractivity contribution < 1.29 is 82.5 Å². The summed E-state index contributed by atoms with van der Waals surface area (Å²) < 4.78 is 109. The number of nitrogens with zero attached hydrogens (tertiary/aromatic N) is 2. The van der Waals surface area contributed by atoms with Crippen LogP contribution in [0.25, 0.3) is 0 Å². The van der Waals surface area contributed by atoms with Crippen molar-refractivity contribution in [1.29, 1.82) is 0 Å². The third-order valence-corrected chi connectivity index (χ3v) is 15.1. The number of aliphatic carboxylic acids is 2. The first-order chi connectivity index (χ1) is 41.9. The van der Waals surface area contributed by atoms with Crippen LogP contribution in [0.4, 0.5) is 9.59 Å². The van der Waals surface area contributed by atoms with Crippen molar-refractivity contribution in [2.45, 2.75) is 220 Å². The number of aliphatic hydroxyl groups excluding tert-OH is 1. The number of aliphatic hydroxyl groups is 1. The minimum Gasteiger partial charge on any atom is -0.480 e. The largest absolute Gasteiger partial charge is 0.480 e. The Bertz CT molecular complexity index is 2980. The third kappa shape index (κ3) is 19.7. The predicted octanol–water partition coefficient (Wildman–Crippen LogP) is 4.42. The molecule has 470 valence electrons. The zero-order chi connectivity index (χ0) is 75.2. The lowest BCUT2D eigenvalue weighted by molar-refractivity contribution is -0.152. The normalized spacial score (nSPS) is 31.8. The Labute approximate surface area is 520 Å². The Morgan fingerprint density at radius 2 is 1.00 bits per heavy atom. The van der Waals surface area contributed by atoms with Gasteiger partial charge in [-0.15, -0.1) is 12.4 Å². The molecule has 2 aliphatic heterocycles. The molecule has 0 spiro atoms. The predicted molar refractivity (Wildman–Crippen MR) is 313 cm³/mol. The number of amides is 9. The van der Waals surface area contributed by atoms with Crippen LogP contribution in [-0.2, 0) is 38.4 Å². The van der Waals surface area contributed by atoms with Crippen molar-refractivity contribution in [2.75, 3.05) is 13.1 Å². The number of ketones is 1. The van der Waals surface area contributed by atoms with E-state index in [1.54, 1.807) is 41.5 Å². The lowest BCUT2D eigenvalue weighted by Gasteiger charge is -2.38. The van der Waals surface area contributed by atoms with Crippen molar-refractivity contribution in [1.82, 2.24) is 36.4 Å². The number of carboxylic acid groups (broad SMARTS) is 2. The van der Waals surface area contributed by atoms with Gasteiger partial charge in [-0.3, -0.25) is 28.8 Å². The van der Waals surface area contributed by atoms with Crippen LogP contribution in [0.2, 0.25) is 0 Å². The highest BCUT2D eigenvalue weighted by Gasteiger charge is 2.71. The van der Waals surface area contributed by atoms with Crippen molar-refractivity contribution >= 4 is 94.9 Å². The molecule has 6 fully saturated rings. The summed E-state index contributed by atoms with van der Waals surface area (Å²) in [6.45, 7) is 30.2. The number of nitrogens with one attached hydrogen (secondary N) is 5. The molecule has 0 radical (unpaired) electrons. The summed E-state index contributed by atoms with van der Waals surface area (Å²) in [5, 5.41) is 40.1. The fourth-order valence-electron chi connectivity index (χ4n) is 10.2. The number of hydrogen-bond acceptors (Lipinski definition) is 12. The van der Waals surface area contributed by atoms with Gasteiger partial charge in [0.2, 0.25) is 34.2 Å². The highest BCUT2D eigenvalue weighted by atomic mass is 35.5. The molecule has 4 aliphatic carbocycles. The number of hydrogen-bond donors (Lipinski definition) is 11. The number of alkyl halides is 2. The molecule has 4 saturated carbocycles. The van der Waals surface area contributed by atoms with Gasteiger partial charge in [-0.05, 0) is 106 Å². The van der Waals surface area contributed by atoms with Crippen LogP contribution in [0.5, 0.6) is 0 Å². The molecular formula is C56H97Cl3N10O13. The number of fused-ring (bicyclic) bond motifs is 2. The van der Waals surface area contributed by atoms with E-state index in [0.29, 0.717) is 6.54 Å². The molecule has 0 aromatic carbocycles. The Morgan fingerprint density at radius 1 is 0.646 bits per heavy atom. The second kappa shape index (κ2) is 28.0. The molecular weight excluding hydrogens is 1130 g/mol. The van der Waals surface area contributed by atoms with E-state index in [4.69, 9.17) is 64.7 Å². The second-order valence-electron chi connectivity index (χ2n) is 26.5. The monoisotopic (exact) mass is 1240 g/mol. The van der Waals surface area contributed by atoms with Crippen molar-refractivity contribution in [2.24, 2.45) is 74.3 Å². The van der Waals surface area contributed by atoms with Crippen molar-refractivity contribution in [3.8, 4) is 0 Å². The van der Waals surface area contributed by atoms with Crippen LogP contribution in [0.3, 0.4) is 0 Å². The van der Waals surface area contributed by atoms with Gasteiger partial charge in [0.05, 0.1) is 6.04 Å². The summed E-state index contributed by atoms with van der Waals surface area (Å²) in [5.41, 5.74) is 12.6. The van der Waals surface area contributed by atoms with Gasteiger partial charge in [0, 0.05) is 55.3 Å². The highest BCUT2D eigenvalue weighted by Crippen LogP contribution is 2.66. The van der Waals surface area contributed by atoms with Gasteiger partial charge in [0.1, 0.15) is 30.3 Å². The van der Waals surface area contributed by atoms with E-state index in [1.807, 2.05) is 55.4 Å². The van der Waals surface area contributed by atoms with E-state index < -0.39 is 185 Å². The molecule has 14 N–H and O–H groups in total. The molecule has 0 bridgehead atoms. The van der Waals surface area contributed by atoms with Crippen LogP contribution in [0.15, 0.2) is 0 Å². The van der Waals surface area contributed by atoms with Crippen LogP contribution in [0, 0.1) is 57.1 Å². The summed E-state index contributed by atoms with van der Waals surface area (Å²) in [7, 11) is 0. The number of carbonyl (C=O) groups excluding carboxylic acids is 8. The number of primary amides is 2. The van der Waals surface area contributed by atoms with Gasteiger partial charge in [0.15, 0.2) is 0 Å². The third-order valence-electron chi connectivity index (χ3n) is 14.7. The zero-order valence-electron chi connectivity index (χ0n) is 63.5. The fraction of sp³-hybridized carbons (Fsp3) is 0.821. The van der Waals surface area contributed by atoms with Crippen molar-refractivity contribution in [3.05, 3.63) is 0 Å². The van der Waals surface area contributed by atoms with Crippen LogP contribution in [-0.4, -0.2) is 156 Å². The molecule has 82 heavy (non-hydrogen) atoms. The molecule has 3 unspecified atom stereocenters. The molecule has 26 heteroatoms. The number of urea groups is 2. The fourth-order valence-corrected chi connectivity index (χ4v) is 10.2. The molecule has 23 nitrogen and oxygen atoms in total. The van der Waals surface area contributed by atoms with Crippen LogP contribution >= 0.6 is 35.6 Å². The number of likely N-dealkylation sites (tertiary alicyclic amines) is 2. The van der Waals surface area contributed by atoms with E-state index in [0.717, 1.165) is 0 Å². The number of carboxylic acids is 2. The van der Waals surface area contributed by atoms with Gasteiger partial charge < -0.3 is 68.9 Å². The van der Waals surface area contributed by atoms with E-state index in [2.05, 4.69) is 40.4 Å². The molecule has 11 atom stereocenters. The Morgan fingerprint density at radius 3 is 1.32 bits per heavy atom. The first-order valence-electron chi connectivity index (χ1n) is 33.3. The minimum absolute atomic E-state index is 0. The van der Waals surface area contributed by atoms with Crippen LogP contribution < -0.4 is 43.8 Å². The molecule has 6 rings (SSSR count). The highest BCUT2D eigenvalue weighted by molar-refractivity contribution is 6.52. The lowest BCUT2D eigenvalue weighted by Crippen LogP contribution is -2.62. The Balaban J connectivity index is 0.000000508. The van der Waals surface area contributed by atoms with Gasteiger partial charge in [0.25, 0.3) is 5.91 Å². The van der Waals surface area contributed by atoms with Gasteiger partial charge >= 0.3 is 24.0 Å². The summed E-state index contributed by atoms with van der Waals surface area (Å²) in [5.74, 6) is -13.7. The summed E-state index contributed by atoms with van der Waals surface area (Å²) in [6.07, 6.45) is -21.4. The van der Waals surface area contributed by atoms with Crippen molar-refractivity contribution in [3.63, 3.8) is 0 Å². The van der Waals surface area contributed by atoms with Gasteiger partial charge in [-0.2, -0.15) is 0 Å². The smallest absolute Gasteiger partial charge is 0.337 e. The molecule has 9 amide bonds. The number of nitrogens with two attached hydrogens (primary N) is 3. The second-order valence-corrected chi connectivity index (χ2v) is 27.6. The van der Waals surface area contributed by atoms with Gasteiger partial charge in [-0.25, -0.2) is 19.2 Å². The zero-order valence-corrected chi connectivity index (χ0v) is 51.8. The average molecular weight is 1240 g/mol. The van der Waals surface area contributed by atoms with E-state index in [-0.39, 0.29) is 59.4 Å². The topological polar surface area (TPSA) is 376 Å². The SMILES string of the molecule is CC(C)(C)NC(=O)N[C@H](C(=O)N1C[C@H]2[C@@H]([C@H]1C(=O)O)C2(C)C)C(C)(C)C.Cl.O=C(O)C(Cl)Cl.[2H]C1([2H])C([2H])([2H])C([2H])(CC(N)C(O)C(N)=O)C1([2H])[2H].[2H]C1([2H])C([2H])([2H])C([2H])(CC(NC(=O)[C@@H]2[C@@H]3[C@H](CN2C(=O)[C@@H](NC(=O)NC(C)(C)C)C(C)(C)C)C3(C)C)C(=O)C(N)=O)C1([2H])[2H]. The Kier molecular flexibility index (Phi) is 18.0. The number of piperidine rings is 2. The molecule has 2 heterocycles. The van der Waals surface area contributed by atoms with Crippen LogP contribution in [0.1, 0.15) is 181 Å². The number of Topliss-reactive ketones (excluding diaryl/α,β-unsaturated/α-hetero) is 1. The maximum Gasteiger partial charge on any atom is 0.337 e. The molecule has 6 aliphatic rings. The van der Waals surface area contributed by atoms with E-state index >= 15 is 0 Å².